The van der Waals surface area contributed by atoms with E-state index >= 15 is 0 Å². The van der Waals surface area contributed by atoms with Crippen LogP contribution in [0.15, 0.2) is 35.7 Å². The van der Waals surface area contributed by atoms with Crippen LogP contribution in [0.3, 0.4) is 0 Å². The number of halogens is 3. The Hall–Kier alpha value is -2.07. The van der Waals surface area contributed by atoms with Crippen LogP contribution in [0.4, 0.5) is 13.2 Å². The number of alkyl halides is 3. The second-order valence-electron chi connectivity index (χ2n) is 5.21. The molecule has 0 radical (unpaired) electrons. The first-order chi connectivity index (χ1) is 11.9. The van der Waals surface area contributed by atoms with Gasteiger partial charge < -0.3 is 5.21 Å². The summed E-state index contributed by atoms with van der Waals surface area (Å²) in [5.74, 6) is 0.736. The van der Waals surface area contributed by atoms with Crippen LogP contribution in [0.5, 0.6) is 0 Å². The minimum absolute atomic E-state index is 0.358. The number of thioether (sulfide) groups is 1. The second-order valence-corrected chi connectivity index (χ2v) is 7.17. The van der Waals surface area contributed by atoms with Gasteiger partial charge >= 0.3 is 6.18 Å². The Bertz CT molecular complexity index is 917. The van der Waals surface area contributed by atoms with Gasteiger partial charge in [0.15, 0.2) is 0 Å². The molecule has 0 saturated heterocycles. The fraction of sp³-hybridized carbons (Fsp3) is 0.267. The Morgan fingerprint density at radius 1 is 1.40 bits per heavy atom. The summed E-state index contributed by atoms with van der Waals surface area (Å²) in [4.78, 5) is 5.55. The highest BCUT2D eigenvalue weighted by molar-refractivity contribution is 7.99. The third kappa shape index (κ3) is 3.79. The molecule has 25 heavy (non-hydrogen) atoms. The lowest BCUT2D eigenvalue weighted by molar-refractivity contribution is -0.137. The Labute approximate surface area is 149 Å². The summed E-state index contributed by atoms with van der Waals surface area (Å²) in [7, 11) is 0. The van der Waals surface area contributed by atoms with Gasteiger partial charge in [0.1, 0.15) is 12.0 Å². The molecule has 0 bridgehead atoms. The van der Waals surface area contributed by atoms with Gasteiger partial charge in [-0.2, -0.15) is 30.0 Å². The van der Waals surface area contributed by atoms with E-state index in [1.165, 1.54) is 35.5 Å². The van der Waals surface area contributed by atoms with Crippen molar-refractivity contribution in [1.29, 1.82) is 0 Å². The van der Waals surface area contributed by atoms with Gasteiger partial charge in [-0.15, -0.1) is 0 Å². The number of nitrogens with zero attached hydrogens (tertiary/aromatic N) is 4. The van der Waals surface area contributed by atoms with Crippen molar-refractivity contribution in [2.45, 2.75) is 18.9 Å². The number of rotatable bonds is 5. The summed E-state index contributed by atoms with van der Waals surface area (Å²) in [5.41, 5.74) is 1.16. The van der Waals surface area contributed by atoms with Gasteiger partial charge in [0.2, 0.25) is 4.96 Å². The van der Waals surface area contributed by atoms with Crippen LogP contribution in [-0.4, -0.2) is 31.3 Å². The predicted octanol–water partition coefficient (Wildman–Crippen LogP) is 4.23. The minimum Gasteiger partial charge on any atom is -0.411 e. The number of fused-ring (bicyclic) bond motifs is 1. The molecule has 0 unspecified atom stereocenters. The van der Waals surface area contributed by atoms with Crippen molar-refractivity contribution in [2.24, 2.45) is 5.16 Å². The van der Waals surface area contributed by atoms with E-state index in [9.17, 15) is 18.4 Å². The Morgan fingerprint density at radius 2 is 2.20 bits per heavy atom. The minimum atomic E-state index is -4.35. The molecule has 10 heteroatoms. The molecule has 2 aromatic heterocycles. The van der Waals surface area contributed by atoms with E-state index in [0.29, 0.717) is 27.7 Å². The van der Waals surface area contributed by atoms with Crippen molar-refractivity contribution in [3.63, 3.8) is 0 Å². The molecule has 1 aromatic carbocycles. The molecular formula is C15H13F3N4OS2. The van der Waals surface area contributed by atoms with E-state index in [2.05, 4.69) is 15.2 Å². The SMILES string of the molecule is Cc1c(C(CSCc2cccc(C(F)(F)F)c2)=NO)sc2ncnn12. The lowest BCUT2D eigenvalue weighted by Gasteiger charge is -2.09. The largest absolute Gasteiger partial charge is 0.416 e. The van der Waals surface area contributed by atoms with Gasteiger partial charge in [0.05, 0.1) is 16.1 Å². The highest BCUT2D eigenvalue weighted by Crippen LogP contribution is 2.30. The molecule has 0 aliphatic carbocycles. The zero-order valence-electron chi connectivity index (χ0n) is 13.0. The molecule has 132 valence electrons. The summed E-state index contributed by atoms with van der Waals surface area (Å²) in [6.07, 6.45) is -2.91. The molecule has 3 rings (SSSR count). The molecule has 0 saturated carbocycles. The highest BCUT2D eigenvalue weighted by Gasteiger charge is 2.30. The third-order valence-electron chi connectivity index (χ3n) is 3.50. The molecule has 0 amide bonds. The molecule has 0 atom stereocenters. The van der Waals surface area contributed by atoms with E-state index in [-0.39, 0.29) is 0 Å². The molecule has 3 aromatic rings. The number of aryl methyl sites for hydroxylation is 1. The van der Waals surface area contributed by atoms with Crippen molar-refractivity contribution in [1.82, 2.24) is 14.6 Å². The molecule has 1 N–H and O–H groups in total. The number of aromatic nitrogens is 3. The van der Waals surface area contributed by atoms with E-state index in [4.69, 9.17) is 0 Å². The quantitative estimate of drug-likeness (QED) is 0.405. The average molecular weight is 386 g/mol. The van der Waals surface area contributed by atoms with Gasteiger partial charge in [0, 0.05) is 11.5 Å². The predicted molar refractivity (Wildman–Crippen MR) is 91.5 cm³/mol. The molecule has 2 heterocycles. The topological polar surface area (TPSA) is 62.8 Å². The first kappa shape index (κ1) is 17.7. The van der Waals surface area contributed by atoms with Crippen LogP contribution in [0.1, 0.15) is 21.7 Å². The van der Waals surface area contributed by atoms with Crippen LogP contribution in [-0.2, 0) is 11.9 Å². The summed E-state index contributed by atoms with van der Waals surface area (Å²) in [6.45, 7) is 1.84. The van der Waals surface area contributed by atoms with Gasteiger partial charge in [-0.25, -0.2) is 9.50 Å². The fourth-order valence-electron chi connectivity index (χ4n) is 2.30. The monoisotopic (exact) mass is 386 g/mol. The molecule has 0 aliphatic heterocycles. The maximum absolute atomic E-state index is 12.7. The second kappa shape index (κ2) is 7.04. The maximum atomic E-state index is 12.7. The number of thiazole rings is 1. The maximum Gasteiger partial charge on any atom is 0.416 e. The Balaban J connectivity index is 1.68. The normalized spacial score (nSPS) is 12.9. The van der Waals surface area contributed by atoms with Crippen LogP contribution in [0, 0.1) is 6.92 Å². The van der Waals surface area contributed by atoms with Crippen molar-refractivity contribution in [2.75, 3.05) is 5.75 Å². The van der Waals surface area contributed by atoms with Crippen LogP contribution in [0.2, 0.25) is 0 Å². The van der Waals surface area contributed by atoms with E-state index in [1.807, 2.05) is 6.92 Å². The van der Waals surface area contributed by atoms with E-state index < -0.39 is 11.7 Å². The summed E-state index contributed by atoms with van der Waals surface area (Å²) in [6, 6.07) is 5.22. The van der Waals surface area contributed by atoms with Gasteiger partial charge in [-0.3, -0.25) is 0 Å². The standard InChI is InChI=1S/C15H13F3N4OS2/c1-9-13(25-14-19-8-20-22(9)14)12(21-23)7-24-6-10-3-2-4-11(5-10)15(16,17)18/h2-5,8,23H,6-7H2,1H3. The van der Waals surface area contributed by atoms with Gasteiger partial charge in [0.25, 0.3) is 0 Å². The van der Waals surface area contributed by atoms with Crippen molar-refractivity contribution in [3.8, 4) is 0 Å². The van der Waals surface area contributed by atoms with E-state index in [0.717, 1.165) is 22.7 Å². The van der Waals surface area contributed by atoms with Crippen LogP contribution >= 0.6 is 23.1 Å². The lowest BCUT2D eigenvalue weighted by Crippen LogP contribution is -2.06. The molecule has 5 nitrogen and oxygen atoms in total. The molecule has 0 fully saturated rings. The van der Waals surface area contributed by atoms with Crippen molar-refractivity contribution in [3.05, 3.63) is 52.3 Å². The summed E-state index contributed by atoms with van der Waals surface area (Å²) in [5, 5.41) is 16.7. The molecular weight excluding hydrogens is 373 g/mol. The zero-order valence-corrected chi connectivity index (χ0v) is 14.6. The van der Waals surface area contributed by atoms with E-state index in [1.54, 1.807) is 10.6 Å². The number of oxime groups is 1. The Morgan fingerprint density at radius 3 is 2.88 bits per heavy atom. The average Bonchev–Trinajstić information content (AvgIpc) is 3.15. The third-order valence-corrected chi connectivity index (χ3v) is 5.71. The summed E-state index contributed by atoms with van der Waals surface area (Å²) >= 11 is 2.72. The Kier molecular flexibility index (Phi) is 5.00. The molecule has 0 aliphatic rings. The first-order valence-corrected chi connectivity index (χ1v) is 9.11. The van der Waals surface area contributed by atoms with Gasteiger partial charge in [-0.05, 0) is 18.6 Å². The zero-order chi connectivity index (χ0) is 18.0. The smallest absolute Gasteiger partial charge is 0.411 e. The highest BCUT2D eigenvalue weighted by atomic mass is 32.2. The van der Waals surface area contributed by atoms with Crippen LogP contribution < -0.4 is 0 Å². The fourth-order valence-corrected chi connectivity index (χ4v) is 4.32. The number of hydrogen-bond donors (Lipinski definition) is 1. The first-order valence-electron chi connectivity index (χ1n) is 7.14. The lowest BCUT2D eigenvalue weighted by atomic mass is 10.1. The van der Waals surface area contributed by atoms with Crippen LogP contribution in [0.25, 0.3) is 4.96 Å². The van der Waals surface area contributed by atoms with Crippen molar-refractivity contribution >= 4 is 33.8 Å². The van der Waals surface area contributed by atoms with Crippen molar-refractivity contribution < 1.29 is 18.4 Å². The molecule has 0 spiro atoms. The van der Waals surface area contributed by atoms with Gasteiger partial charge in [-0.1, -0.05) is 34.7 Å². The number of benzene rings is 1. The number of hydrogen-bond acceptors (Lipinski definition) is 6. The summed E-state index contributed by atoms with van der Waals surface area (Å²) < 4.78 is 39.9.